The minimum Gasteiger partial charge on any atom is -0.477 e. The van der Waals surface area contributed by atoms with Crippen molar-refractivity contribution in [3.63, 3.8) is 0 Å². The number of aromatic carboxylic acids is 1. The molecule has 0 saturated carbocycles. The standard InChI is InChI=1S/C10H10N4O3S/c1-5-11-6(4-18-5)2-9(15)12-8-3-7(10(16)17)13-14-8/h3-4H,2H2,1H3,(H,16,17)(H2,12,13,14,15). The molecule has 0 aliphatic carbocycles. The summed E-state index contributed by atoms with van der Waals surface area (Å²) in [5.74, 6) is -1.23. The van der Waals surface area contributed by atoms with Crippen molar-refractivity contribution in [1.82, 2.24) is 15.2 Å². The van der Waals surface area contributed by atoms with E-state index < -0.39 is 5.97 Å². The Hall–Kier alpha value is -2.22. The number of aromatic amines is 1. The zero-order valence-corrected chi connectivity index (χ0v) is 10.2. The summed E-state index contributed by atoms with van der Waals surface area (Å²) < 4.78 is 0. The Morgan fingerprint density at radius 3 is 2.89 bits per heavy atom. The van der Waals surface area contributed by atoms with Crippen LogP contribution in [0.25, 0.3) is 0 Å². The van der Waals surface area contributed by atoms with Crippen molar-refractivity contribution in [1.29, 1.82) is 0 Å². The van der Waals surface area contributed by atoms with Crippen molar-refractivity contribution in [3.05, 3.63) is 27.8 Å². The highest BCUT2D eigenvalue weighted by Crippen LogP contribution is 2.10. The molecule has 0 atom stereocenters. The lowest BCUT2D eigenvalue weighted by atomic mass is 10.3. The predicted molar refractivity (Wildman–Crippen MR) is 64.7 cm³/mol. The second kappa shape index (κ2) is 4.96. The van der Waals surface area contributed by atoms with E-state index in [-0.39, 0.29) is 23.8 Å². The fourth-order valence-corrected chi connectivity index (χ4v) is 1.95. The maximum absolute atomic E-state index is 11.6. The van der Waals surface area contributed by atoms with Gasteiger partial charge in [-0.05, 0) is 6.92 Å². The SMILES string of the molecule is Cc1nc(CC(=O)Nc2cc(C(=O)O)[nH]n2)cs1. The van der Waals surface area contributed by atoms with Crippen LogP contribution in [0.3, 0.4) is 0 Å². The van der Waals surface area contributed by atoms with Gasteiger partial charge in [0.2, 0.25) is 5.91 Å². The number of aromatic nitrogens is 3. The number of nitrogens with zero attached hydrogens (tertiary/aromatic N) is 2. The molecule has 0 aromatic carbocycles. The van der Waals surface area contributed by atoms with E-state index in [1.807, 2.05) is 12.3 Å². The van der Waals surface area contributed by atoms with Gasteiger partial charge >= 0.3 is 5.97 Å². The first-order valence-corrected chi connectivity index (χ1v) is 5.92. The number of amides is 1. The molecule has 0 aliphatic heterocycles. The summed E-state index contributed by atoms with van der Waals surface area (Å²) in [6.45, 7) is 1.86. The first-order valence-electron chi connectivity index (χ1n) is 5.04. The highest BCUT2D eigenvalue weighted by molar-refractivity contribution is 7.09. The molecular formula is C10H10N4O3S. The fraction of sp³-hybridized carbons (Fsp3) is 0.200. The third kappa shape index (κ3) is 2.92. The lowest BCUT2D eigenvalue weighted by Crippen LogP contribution is -2.14. The van der Waals surface area contributed by atoms with E-state index >= 15 is 0 Å². The van der Waals surface area contributed by atoms with Gasteiger partial charge in [0, 0.05) is 11.4 Å². The van der Waals surface area contributed by atoms with Crippen LogP contribution in [0.5, 0.6) is 0 Å². The zero-order chi connectivity index (χ0) is 13.1. The Morgan fingerprint density at radius 2 is 2.33 bits per heavy atom. The van der Waals surface area contributed by atoms with Crippen LogP contribution in [0.4, 0.5) is 5.82 Å². The Bertz CT molecular complexity index is 589. The Labute approximate surface area is 106 Å². The Morgan fingerprint density at radius 1 is 1.56 bits per heavy atom. The van der Waals surface area contributed by atoms with Gasteiger partial charge in [-0.25, -0.2) is 9.78 Å². The summed E-state index contributed by atoms with van der Waals surface area (Å²) in [7, 11) is 0. The highest BCUT2D eigenvalue weighted by atomic mass is 32.1. The second-order valence-electron chi connectivity index (χ2n) is 3.55. The molecule has 8 heteroatoms. The molecule has 0 aliphatic rings. The molecule has 2 rings (SSSR count). The van der Waals surface area contributed by atoms with E-state index in [4.69, 9.17) is 5.11 Å². The summed E-state index contributed by atoms with van der Waals surface area (Å²) in [6.07, 6.45) is 0.138. The molecule has 1 amide bonds. The van der Waals surface area contributed by atoms with Crippen LogP contribution in [0.2, 0.25) is 0 Å². The van der Waals surface area contributed by atoms with Gasteiger partial charge in [-0.15, -0.1) is 11.3 Å². The molecule has 0 fully saturated rings. The molecule has 2 aromatic rings. The number of nitrogens with one attached hydrogen (secondary N) is 2. The van der Waals surface area contributed by atoms with Crippen LogP contribution in [0.15, 0.2) is 11.4 Å². The van der Waals surface area contributed by atoms with Crippen molar-refractivity contribution in [2.24, 2.45) is 0 Å². The molecule has 0 saturated heterocycles. The quantitative estimate of drug-likeness (QED) is 0.766. The van der Waals surface area contributed by atoms with Crippen molar-refractivity contribution in [2.75, 3.05) is 5.32 Å². The minimum absolute atomic E-state index is 0.0743. The molecule has 0 spiro atoms. The third-order valence-corrected chi connectivity index (χ3v) is 2.91. The molecule has 3 N–H and O–H groups in total. The highest BCUT2D eigenvalue weighted by Gasteiger charge is 2.11. The van der Waals surface area contributed by atoms with Gasteiger partial charge in [0.25, 0.3) is 0 Å². The smallest absolute Gasteiger partial charge is 0.353 e. The van der Waals surface area contributed by atoms with Crippen LogP contribution in [0.1, 0.15) is 21.2 Å². The van der Waals surface area contributed by atoms with E-state index in [2.05, 4.69) is 20.5 Å². The molecule has 2 heterocycles. The summed E-state index contributed by atoms with van der Waals surface area (Å²) >= 11 is 1.47. The van der Waals surface area contributed by atoms with Crippen LogP contribution in [0, 0.1) is 6.92 Å². The average Bonchev–Trinajstić information content (AvgIpc) is 2.88. The normalized spacial score (nSPS) is 10.3. The Balaban J connectivity index is 1.96. The topological polar surface area (TPSA) is 108 Å². The minimum atomic E-state index is -1.13. The number of hydrogen-bond acceptors (Lipinski definition) is 5. The van der Waals surface area contributed by atoms with Crippen LogP contribution >= 0.6 is 11.3 Å². The zero-order valence-electron chi connectivity index (χ0n) is 9.43. The molecule has 18 heavy (non-hydrogen) atoms. The monoisotopic (exact) mass is 266 g/mol. The molecule has 0 radical (unpaired) electrons. The molecule has 2 aromatic heterocycles. The summed E-state index contributed by atoms with van der Waals surface area (Å²) in [4.78, 5) is 26.4. The van der Waals surface area contributed by atoms with E-state index in [1.54, 1.807) is 0 Å². The van der Waals surface area contributed by atoms with Gasteiger partial charge in [0.05, 0.1) is 17.1 Å². The summed E-state index contributed by atoms with van der Waals surface area (Å²) in [5, 5.41) is 19.8. The Kier molecular flexibility index (Phi) is 3.38. The number of anilines is 1. The van der Waals surface area contributed by atoms with Crippen molar-refractivity contribution >= 4 is 29.0 Å². The fourth-order valence-electron chi connectivity index (χ4n) is 1.34. The maximum atomic E-state index is 11.6. The molecule has 7 nitrogen and oxygen atoms in total. The third-order valence-electron chi connectivity index (χ3n) is 2.08. The number of aryl methyl sites for hydroxylation is 1. The summed E-state index contributed by atoms with van der Waals surface area (Å²) in [6, 6.07) is 1.26. The van der Waals surface area contributed by atoms with Crippen LogP contribution in [-0.4, -0.2) is 32.2 Å². The lowest BCUT2D eigenvalue weighted by Gasteiger charge is -1.98. The molecule has 0 unspecified atom stereocenters. The predicted octanol–water partition coefficient (Wildman–Crippen LogP) is 1.05. The largest absolute Gasteiger partial charge is 0.477 e. The molecular weight excluding hydrogens is 256 g/mol. The van der Waals surface area contributed by atoms with E-state index in [0.717, 1.165) is 5.01 Å². The van der Waals surface area contributed by atoms with Crippen molar-refractivity contribution in [3.8, 4) is 0 Å². The van der Waals surface area contributed by atoms with Crippen LogP contribution < -0.4 is 5.32 Å². The number of carboxylic acid groups (broad SMARTS) is 1. The van der Waals surface area contributed by atoms with Gasteiger partial charge in [-0.3, -0.25) is 9.89 Å². The number of thiazole rings is 1. The average molecular weight is 266 g/mol. The van der Waals surface area contributed by atoms with Gasteiger partial charge in [0.15, 0.2) is 5.82 Å². The number of carbonyl (C=O) groups excluding carboxylic acids is 1. The van der Waals surface area contributed by atoms with E-state index in [9.17, 15) is 9.59 Å². The number of carbonyl (C=O) groups is 2. The first-order chi connectivity index (χ1) is 8.54. The lowest BCUT2D eigenvalue weighted by molar-refractivity contribution is -0.115. The van der Waals surface area contributed by atoms with Crippen LogP contribution in [-0.2, 0) is 11.2 Å². The van der Waals surface area contributed by atoms with Gasteiger partial charge in [-0.1, -0.05) is 0 Å². The number of H-pyrrole nitrogens is 1. The van der Waals surface area contributed by atoms with Gasteiger partial charge in [-0.2, -0.15) is 5.10 Å². The van der Waals surface area contributed by atoms with Crippen molar-refractivity contribution in [2.45, 2.75) is 13.3 Å². The van der Waals surface area contributed by atoms with Gasteiger partial charge < -0.3 is 10.4 Å². The second-order valence-corrected chi connectivity index (χ2v) is 4.62. The maximum Gasteiger partial charge on any atom is 0.353 e. The van der Waals surface area contributed by atoms with Crippen molar-refractivity contribution < 1.29 is 14.7 Å². The number of rotatable bonds is 4. The first kappa shape index (κ1) is 12.2. The summed E-state index contributed by atoms with van der Waals surface area (Å²) in [5.41, 5.74) is 0.610. The molecule has 0 bridgehead atoms. The number of carboxylic acids is 1. The van der Waals surface area contributed by atoms with E-state index in [0.29, 0.717) is 5.69 Å². The number of hydrogen-bond donors (Lipinski definition) is 3. The molecule has 94 valence electrons. The van der Waals surface area contributed by atoms with Gasteiger partial charge in [0.1, 0.15) is 5.69 Å². The van der Waals surface area contributed by atoms with E-state index in [1.165, 1.54) is 17.4 Å².